The second-order valence-corrected chi connectivity index (χ2v) is 8.33. The van der Waals surface area contributed by atoms with Crippen LogP contribution in [0.25, 0.3) is 0 Å². The van der Waals surface area contributed by atoms with E-state index in [1.54, 1.807) is 23.5 Å². The number of thiophene rings is 1. The summed E-state index contributed by atoms with van der Waals surface area (Å²) in [5.41, 5.74) is 1.85. The van der Waals surface area contributed by atoms with Crippen molar-refractivity contribution in [1.82, 2.24) is 5.32 Å². The van der Waals surface area contributed by atoms with E-state index in [-0.39, 0.29) is 19.0 Å². The fourth-order valence-corrected chi connectivity index (χ4v) is 4.08. The van der Waals surface area contributed by atoms with Crippen molar-refractivity contribution in [3.05, 3.63) is 78.9 Å². The van der Waals surface area contributed by atoms with Crippen molar-refractivity contribution < 1.29 is 9.47 Å². The van der Waals surface area contributed by atoms with Crippen molar-refractivity contribution >= 4 is 58.5 Å². The molecular weight excluding hydrogens is 472 g/mol. The largest absolute Gasteiger partial charge is 0.490 e. The van der Waals surface area contributed by atoms with Crippen molar-refractivity contribution in [1.29, 1.82) is 0 Å². The van der Waals surface area contributed by atoms with E-state index in [0.717, 1.165) is 17.7 Å². The van der Waals surface area contributed by atoms with E-state index in [4.69, 9.17) is 44.3 Å². The van der Waals surface area contributed by atoms with Gasteiger partial charge in [-0.05, 0) is 48.2 Å². The van der Waals surface area contributed by atoms with Crippen LogP contribution in [0.4, 0.5) is 0 Å². The highest BCUT2D eigenvalue weighted by molar-refractivity contribution is 7.09. The van der Waals surface area contributed by atoms with Gasteiger partial charge in [0.2, 0.25) is 0 Å². The van der Waals surface area contributed by atoms with E-state index in [0.29, 0.717) is 39.7 Å². The molecule has 2 aromatic carbocycles. The first-order valence-electron chi connectivity index (χ1n) is 8.82. The minimum Gasteiger partial charge on any atom is -0.490 e. The molecule has 0 spiro atoms. The van der Waals surface area contributed by atoms with Crippen LogP contribution in [0.15, 0.2) is 47.8 Å². The Hall–Kier alpha value is -1.14. The van der Waals surface area contributed by atoms with E-state index < -0.39 is 0 Å². The third-order valence-electron chi connectivity index (χ3n) is 3.96. The molecule has 1 N–H and O–H groups in total. The molecule has 0 aliphatic carbocycles. The maximum atomic E-state index is 6.50. The average Bonchev–Trinajstić information content (AvgIpc) is 3.16. The molecule has 0 saturated carbocycles. The van der Waals surface area contributed by atoms with Crippen LogP contribution in [-0.4, -0.2) is 6.61 Å². The molecule has 29 heavy (non-hydrogen) atoms. The summed E-state index contributed by atoms with van der Waals surface area (Å²) >= 11 is 20.4. The van der Waals surface area contributed by atoms with Crippen molar-refractivity contribution in [2.75, 3.05) is 6.61 Å². The third kappa shape index (κ3) is 6.95. The zero-order chi connectivity index (χ0) is 19.9. The molecule has 156 valence electrons. The molecule has 3 nitrogen and oxygen atoms in total. The molecule has 0 saturated heterocycles. The van der Waals surface area contributed by atoms with Crippen LogP contribution in [0.2, 0.25) is 15.1 Å². The quantitative estimate of drug-likeness (QED) is 0.337. The van der Waals surface area contributed by atoms with Crippen molar-refractivity contribution in [3.8, 4) is 11.5 Å². The highest BCUT2D eigenvalue weighted by Gasteiger charge is 2.14. The predicted octanol–water partition coefficient (Wildman–Crippen LogP) is 7.40. The fraction of sp³-hybridized carbons (Fsp3) is 0.238. The second kappa shape index (κ2) is 11.9. The first-order valence-corrected chi connectivity index (χ1v) is 10.8. The molecule has 0 aliphatic heterocycles. The van der Waals surface area contributed by atoms with Gasteiger partial charge < -0.3 is 14.8 Å². The summed E-state index contributed by atoms with van der Waals surface area (Å²) in [5.74, 6) is 1.13. The molecule has 0 bridgehead atoms. The zero-order valence-corrected chi connectivity index (χ0v) is 19.6. The maximum absolute atomic E-state index is 6.50. The highest BCUT2D eigenvalue weighted by atomic mass is 35.5. The van der Waals surface area contributed by atoms with Gasteiger partial charge >= 0.3 is 0 Å². The normalized spacial score (nSPS) is 10.5. The van der Waals surface area contributed by atoms with Gasteiger partial charge in [-0.3, -0.25) is 0 Å². The Bertz CT molecular complexity index is 919. The second-order valence-electron chi connectivity index (χ2n) is 6.05. The number of nitrogens with one attached hydrogen (secondary N) is 1. The summed E-state index contributed by atoms with van der Waals surface area (Å²) < 4.78 is 11.7. The van der Waals surface area contributed by atoms with Crippen molar-refractivity contribution in [3.63, 3.8) is 0 Å². The maximum Gasteiger partial charge on any atom is 0.180 e. The summed E-state index contributed by atoms with van der Waals surface area (Å²) in [7, 11) is 0. The van der Waals surface area contributed by atoms with Gasteiger partial charge in [0.05, 0.1) is 11.6 Å². The minimum atomic E-state index is 0. The van der Waals surface area contributed by atoms with Gasteiger partial charge in [-0.15, -0.1) is 23.7 Å². The van der Waals surface area contributed by atoms with Gasteiger partial charge in [-0.2, -0.15) is 0 Å². The fourth-order valence-electron chi connectivity index (χ4n) is 2.66. The molecule has 0 radical (unpaired) electrons. The van der Waals surface area contributed by atoms with Crippen molar-refractivity contribution in [2.45, 2.75) is 26.6 Å². The Kier molecular flexibility index (Phi) is 9.90. The lowest BCUT2D eigenvalue weighted by Gasteiger charge is -2.16. The van der Waals surface area contributed by atoms with E-state index in [2.05, 4.69) is 16.8 Å². The average molecular weight is 493 g/mol. The molecule has 3 aromatic rings. The molecule has 3 rings (SSSR count). The Morgan fingerprint density at radius 3 is 2.48 bits per heavy atom. The molecule has 0 amide bonds. The van der Waals surface area contributed by atoms with Crippen LogP contribution in [0.5, 0.6) is 11.5 Å². The Morgan fingerprint density at radius 2 is 1.79 bits per heavy atom. The lowest BCUT2D eigenvalue weighted by molar-refractivity contribution is 0.269. The number of hydrogen-bond donors (Lipinski definition) is 1. The van der Waals surface area contributed by atoms with E-state index in [1.165, 1.54) is 4.88 Å². The first kappa shape index (κ1) is 24.1. The zero-order valence-electron chi connectivity index (χ0n) is 15.7. The highest BCUT2D eigenvalue weighted by Crippen LogP contribution is 2.37. The number of benzene rings is 2. The molecule has 0 unspecified atom stereocenters. The topological polar surface area (TPSA) is 30.5 Å². The van der Waals surface area contributed by atoms with Gasteiger partial charge in [-0.1, -0.05) is 46.9 Å². The summed E-state index contributed by atoms with van der Waals surface area (Å²) in [5, 5.41) is 7.13. The van der Waals surface area contributed by atoms with Crippen LogP contribution >= 0.6 is 58.5 Å². The number of rotatable bonds is 9. The Morgan fingerprint density at radius 1 is 0.966 bits per heavy atom. The van der Waals surface area contributed by atoms with Crippen LogP contribution in [-0.2, 0) is 19.7 Å². The van der Waals surface area contributed by atoms with Crippen LogP contribution in [0.3, 0.4) is 0 Å². The van der Waals surface area contributed by atoms with E-state index in [9.17, 15) is 0 Å². The molecule has 1 aromatic heterocycles. The lowest BCUT2D eigenvalue weighted by atomic mass is 10.2. The first-order chi connectivity index (χ1) is 13.6. The standard InChI is InChI=1S/C21H20Cl3NO2S.ClH/c1-2-26-20-9-14(11-25-12-17-4-3-7-28-17)8-19(24)21(20)27-13-15-5-6-16(22)10-18(15)23;/h3-10,25H,2,11-13H2,1H3;1H. The van der Waals surface area contributed by atoms with Gasteiger partial charge in [0.25, 0.3) is 0 Å². The van der Waals surface area contributed by atoms with E-state index in [1.807, 2.05) is 31.2 Å². The van der Waals surface area contributed by atoms with Crippen molar-refractivity contribution in [2.24, 2.45) is 0 Å². The van der Waals surface area contributed by atoms with Gasteiger partial charge in [-0.25, -0.2) is 0 Å². The molecule has 8 heteroatoms. The molecule has 0 atom stereocenters. The van der Waals surface area contributed by atoms with Crippen LogP contribution in [0, 0.1) is 0 Å². The number of hydrogen-bond acceptors (Lipinski definition) is 4. The Balaban J connectivity index is 0.00000300. The van der Waals surface area contributed by atoms with Crippen LogP contribution < -0.4 is 14.8 Å². The van der Waals surface area contributed by atoms with Gasteiger partial charge in [0, 0.05) is 33.6 Å². The predicted molar refractivity (Wildman–Crippen MR) is 126 cm³/mol. The minimum absolute atomic E-state index is 0. The summed E-state index contributed by atoms with van der Waals surface area (Å²) in [6.45, 7) is 4.20. The van der Waals surface area contributed by atoms with E-state index >= 15 is 0 Å². The summed E-state index contributed by atoms with van der Waals surface area (Å²) in [6, 6.07) is 13.3. The lowest BCUT2D eigenvalue weighted by Crippen LogP contribution is -2.12. The van der Waals surface area contributed by atoms with Gasteiger partial charge in [0.1, 0.15) is 6.61 Å². The number of halogens is 4. The van der Waals surface area contributed by atoms with Gasteiger partial charge in [0.15, 0.2) is 11.5 Å². The number of ether oxygens (including phenoxy) is 2. The SMILES string of the molecule is CCOc1cc(CNCc2cccs2)cc(Cl)c1OCc1ccc(Cl)cc1Cl.Cl. The molecule has 0 aliphatic rings. The smallest absolute Gasteiger partial charge is 0.180 e. The summed E-state index contributed by atoms with van der Waals surface area (Å²) in [6.07, 6.45) is 0. The van der Waals surface area contributed by atoms with Crippen LogP contribution in [0.1, 0.15) is 22.9 Å². The molecule has 1 heterocycles. The third-order valence-corrected chi connectivity index (χ3v) is 5.71. The monoisotopic (exact) mass is 491 g/mol. The molecule has 0 fully saturated rings. The Labute approximate surface area is 196 Å². The summed E-state index contributed by atoms with van der Waals surface area (Å²) in [4.78, 5) is 1.29. The molecular formula is C21H21Cl4NO2S.